The number of carbonyl (C=O) groups excluding carboxylic acids is 1. The molecule has 3 N–H and O–H groups in total. The van der Waals surface area contributed by atoms with Gasteiger partial charge in [0.05, 0.1) is 0 Å². The highest BCUT2D eigenvalue weighted by Crippen LogP contribution is 2.26. The number of nitrogens with one attached hydrogen (secondary N) is 1. The first kappa shape index (κ1) is 14.2. The zero-order chi connectivity index (χ0) is 13.8. The van der Waals surface area contributed by atoms with E-state index in [-0.39, 0.29) is 11.9 Å². The summed E-state index contributed by atoms with van der Waals surface area (Å²) >= 11 is 5.92. The lowest BCUT2D eigenvalue weighted by molar-refractivity contribution is 0.0919. The summed E-state index contributed by atoms with van der Waals surface area (Å²) in [6.45, 7) is 2.09. The van der Waals surface area contributed by atoms with Crippen molar-refractivity contribution in [2.24, 2.45) is 5.92 Å². The molecule has 2 rings (SSSR count). The monoisotopic (exact) mass is 280 g/mol. The SMILES string of the molecule is C[C@H](NC(=O)c1cc(N)cc(Cl)c1)C1CCCCC1. The molecule has 1 aromatic carbocycles. The van der Waals surface area contributed by atoms with Crippen molar-refractivity contribution in [3.63, 3.8) is 0 Å². The third kappa shape index (κ3) is 3.87. The number of hydrogen-bond acceptors (Lipinski definition) is 2. The van der Waals surface area contributed by atoms with E-state index in [9.17, 15) is 4.79 Å². The van der Waals surface area contributed by atoms with Crippen LogP contribution in [0.2, 0.25) is 5.02 Å². The fraction of sp³-hybridized carbons (Fsp3) is 0.533. The normalized spacial score (nSPS) is 18.0. The molecule has 0 unspecified atom stereocenters. The zero-order valence-corrected chi connectivity index (χ0v) is 12.0. The highest BCUT2D eigenvalue weighted by atomic mass is 35.5. The molecule has 1 saturated carbocycles. The van der Waals surface area contributed by atoms with Gasteiger partial charge in [-0.3, -0.25) is 4.79 Å². The van der Waals surface area contributed by atoms with Crippen LogP contribution in [0.5, 0.6) is 0 Å². The highest BCUT2D eigenvalue weighted by Gasteiger charge is 2.21. The molecule has 0 bridgehead atoms. The molecule has 0 aliphatic heterocycles. The van der Waals surface area contributed by atoms with Crippen LogP contribution in [0, 0.1) is 5.92 Å². The Morgan fingerprint density at radius 3 is 2.63 bits per heavy atom. The summed E-state index contributed by atoms with van der Waals surface area (Å²) in [5.74, 6) is 0.501. The fourth-order valence-corrected chi connectivity index (χ4v) is 3.03. The maximum absolute atomic E-state index is 12.2. The lowest BCUT2D eigenvalue weighted by Gasteiger charge is -2.28. The van der Waals surface area contributed by atoms with Gasteiger partial charge in [-0.15, -0.1) is 0 Å². The summed E-state index contributed by atoms with van der Waals surface area (Å²) in [6.07, 6.45) is 6.28. The van der Waals surface area contributed by atoms with Gasteiger partial charge in [-0.2, -0.15) is 0 Å². The van der Waals surface area contributed by atoms with Crippen LogP contribution in [0.1, 0.15) is 49.4 Å². The summed E-state index contributed by atoms with van der Waals surface area (Å²) in [5.41, 5.74) is 6.76. The summed E-state index contributed by atoms with van der Waals surface area (Å²) < 4.78 is 0. The quantitative estimate of drug-likeness (QED) is 0.831. The Morgan fingerprint density at radius 2 is 2.00 bits per heavy atom. The summed E-state index contributed by atoms with van der Waals surface area (Å²) in [7, 11) is 0. The first-order chi connectivity index (χ1) is 9.06. The van der Waals surface area contributed by atoms with E-state index < -0.39 is 0 Å². The van der Waals surface area contributed by atoms with Crippen LogP contribution < -0.4 is 11.1 Å². The molecule has 0 heterocycles. The molecule has 1 aliphatic rings. The lowest BCUT2D eigenvalue weighted by atomic mass is 9.84. The van der Waals surface area contributed by atoms with Crippen LogP contribution in [0.25, 0.3) is 0 Å². The summed E-state index contributed by atoms with van der Waals surface area (Å²) in [5, 5.41) is 3.56. The van der Waals surface area contributed by atoms with Crippen LogP contribution in [0.15, 0.2) is 18.2 Å². The molecular formula is C15H21ClN2O. The van der Waals surface area contributed by atoms with Gasteiger partial charge in [-0.05, 0) is 43.9 Å². The Morgan fingerprint density at radius 1 is 1.32 bits per heavy atom. The molecule has 1 atom stereocenters. The summed E-state index contributed by atoms with van der Waals surface area (Å²) in [6, 6.07) is 5.16. The molecule has 1 amide bonds. The molecule has 19 heavy (non-hydrogen) atoms. The predicted molar refractivity (Wildman–Crippen MR) is 79.4 cm³/mol. The molecule has 3 nitrogen and oxygen atoms in total. The minimum atomic E-state index is -0.0905. The van der Waals surface area contributed by atoms with Crippen molar-refractivity contribution in [2.45, 2.75) is 45.1 Å². The minimum Gasteiger partial charge on any atom is -0.399 e. The average molecular weight is 281 g/mol. The second-order valence-electron chi connectivity index (χ2n) is 5.43. The first-order valence-corrected chi connectivity index (χ1v) is 7.31. The van der Waals surface area contributed by atoms with E-state index in [0.717, 1.165) is 0 Å². The molecule has 1 aliphatic carbocycles. The molecule has 0 radical (unpaired) electrons. The average Bonchev–Trinajstić information content (AvgIpc) is 2.38. The van der Waals surface area contributed by atoms with Gasteiger partial charge >= 0.3 is 0 Å². The Bertz CT molecular complexity index is 435. The smallest absolute Gasteiger partial charge is 0.251 e. The number of halogens is 1. The van der Waals surface area contributed by atoms with Gasteiger partial charge in [0.2, 0.25) is 0 Å². The summed E-state index contributed by atoms with van der Waals surface area (Å²) in [4.78, 5) is 12.2. The van der Waals surface area contributed by atoms with E-state index in [1.165, 1.54) is 32.1 Å². The molecule has 4 heteroatoms. The Hall–Kier alpha value is -1.22. The van der Waals surface area contributed by atoms with E-state index >= 15 is 0 Å². The third-order valence-electron chi connectivity index (χ3n) is 3.90. The van der Waals surface area contributed by atoms with Crippen LogP contribution in [0.3, 0.4) is 0 Å². The standard InChI is InChI=1S/C15H21ClN2O/c1-10(11-5-3-2-4-6-11)18-15(19)12-7-13(16)9-14(17)8-12/h7-11H,2-6,17H2,1H3,(H,18,19)/t10-/m0/s1. The number of carbonyl (C=O) groups is 1. The lowest BCUT2D eigenvalue weighted by Crippen LogP contribution is -2.38. The number of hydrogen-bond donors (Lipinski definition) is 2. The molecule has 1 aromatic rings. The molecule has 0 spiro atoms. The van der Waals surface area contributed by atoms with E-state index in [1.807, 2.05) is 0 Å². The number of amides is 1. The van der Waals surface area contributed by atoms with Crippen LogP contribution >= 0.6 is 11.6 Å². The van der Waals surface area contributed by atoms with Crippen molar-refractivity contribution < 1.29 is 4.79 Å². The van der Waals surface area contributed by atoms with Crippen molar-refractivity contribution in [3.05, 3.63) is 28.8 Å². The highest BCUT2D eigenvalue weighted by molar-refractivity contribution is 6.31. The molecule has 0 aromatic heterocycles. The van der Waals surface area contributed by atoms with Crippen molar-refractivity contribution in [1.29, 1.82) is 0 Å². The Balaban J connectivity index is 1.99. The van der Waals surface area contributed by atoms with Crippen LogP contribution in [-0.4, -0.2) is 11.9 Å². The zero-order valence-electron chi connectivity index (χ0n) is 11.3. The van der Waals surface area contributed by atoms with E-state index in [1.54, 1.807) is 18.2 Å². The van der Waals surface area contributed by atoms with Gasteiger partial charge in [0.15, 0.2) is 0 Å². The van der Waals surface area contributed by atoms with Crippen molar-refractivity contribution in [2.75, 3.05) is 5.73 Å². The largest absolute Gasteiger partial charge is 0.399 e. The van der Waals surface area contributed by atoms with Crippen molar-refractivity contribution in [1.82, 2.24) is 5.32 Å². The number of anilines is 1. The number of nitrogens with two attached hydrogens (primary N) is 1. The maximum atomic E-state index is 12.2. The van der Waals surface area contributed by atoms with Gasteiger partial charge in [-0.1, -0.05) is 30.9 Å². The molecular weight excluding hydrogens is 260 g/mol. The van der Waals surface area contributed by atoms with Gasteiger partial charge in [0, 0.05) is 22.3 Å². The molecule has 0 saturated heterocycles. The fourth-order valence-electron chi connectivity index (χ4n) is 2.79. The van der Waals surface area contributed by atoms with Gasteiger partial charge in [0.25, 0.3) is 5.91 Å². The van der Waals surface area contributed by atoms with Crippen molar-refractivity contribution in [3.8, 4) is 0 Å². The molecule has 104 valence electrons. The topological polar surface area (TPSA) is 55.1 Å². The second-order valence-corrected chi connectivity index (χ2v) is 5.87. The maximum Gasteiger partial charge on any atom is 0.251 e. The number of nitrogen functional groups attached to an aromatic ring is 1. The van der Waals surface area contributed by atoms with Crippen LogP contribution in [0.4, 0.5) is 5.69 Å². The van der Waals surface area contributed by atoms with E-state index in [2.05, 4.69) is 12.2 Å². The number of rotatable bonds is 3. The number of benzene rings is 1. The molecule has 1 fully saturated rings. The second kappa shape index (κ2) is 6.29. The Labute approximate surface area is 119 Å². The van der Waals surface area contributed by atoms with Crippen molar-refractivity contribution >= 4 is 23.2 Å². The van der Waals surface area contributed by atoms with Crippen LogP contribution in [-0.2, 0) is 0 Å². The van der Waals surface area contributed by atoms with Gasteiger partial charge in [0.1, 0.15) is 0 Å². The van der Waals surface area contributed by atoms with E-state index in [4.69, 9.17) is 17.3 Å². The first-order valence-electron chi connectivity index (χ1n) is 6.93. The third-order valence-corrected chi connectivity index (χ3v) is 4.12. The Kier molecular flexibility index (Phi) is 4.70. The van der Waals surface area contributed by atoms with Gasteiger partial charge in [-0.25, -0.2) is 0 Å². The predicted octanol–water partition coefficient (Wildman–Crippen LogP) is 3.62. The van der Waals surface area contributed by atoms with E-state index in [0.29, 0.717) is 22.2 Å². The minimum absolute atomic E-state index is 0.0905. The van der Waals surface area contributed by atoms with Gasteiger partial charge < -0.3 is 11.1 Å².